The van der Waals surface area contributed by atoms with Gasteiger partial charge in [0.05, 0.1) is 10.6 Å². The van der Waals surface area contributed by atoms with E-state index >= 15 is 0 Å². The molecule has 0 saturated carbocycles. The third kappa shape index (κ3) is 3.99. The number of hydrazone groups is 1. The van der Waals surface area contributed by atoms with E-state index in [0.29, 0.717) is 55.3 Å². The van der Waals surface area contributed by atoms with Gasteiger partial charge in [0.2, 0.25) is 5.91 Å². The zero-order valence-corrected chi connectivity index (χ0v) is 14.5. The highest BCUT2D eigenvalue weighted by atomic mass is 35.5. The fraction of sp³-hybridized carbons (Fsp3) is 0.412. The molecule has 1 saturated heterocycles. The normalized spacial score (nSPS) is 18.3. The number of halogens is 1. The molecule has 2 aliphatic rings. The Morgan fingerprint density at radius 2 is 1.68 bits per heavy atom. The van der Waals surface area contributed by atoms with Gasteiger partial charge in [-0.1, -0.05) is 23.7 Å². The Kier molecular flexibility index (Phi) is 5.33. The highest BCUT2D eigenvalue weighted by Crippen LogP contribution is 2.18. The summed E-state index contributed by atoms with van der Waals surface area (Å²) in [5.74, 6) is -0.474. The van der Waals surface area contributed by atoms with Gasteiger partial charge in [0.1, 0.15) is 5.71 Å². The van der Waals surface area contributed by atoms with Crippen LogP contribution < -0.4 is 5.43 Å². The van der Waals surface area contributed by atoms with Crippen LogP contribution in [0.3, 0.4) is 0 Å². The number of hydrogen-bond acceptors (Lipinski definition) is 4. The molecule has 0 atom stereocenters. The molecule has 1 aromatic rings. The Hall–Kier alpha value is -2.41. The van der Waals surface area contributed by atoms with Crippen LogP contribution in [-0.4, -0.2) is 59.4 Å². The summed E-state index contributed by atoms with van der Waals surface area (Å²) in [6.45, 7) is 1.99. The lowest BCUT2D eigenvalue weighted by atomic mass is 10.1. The number of amides is 3. The van der Waals surface area contributed by atoms with Crippen LogP contribution in [0.4, 0.5) is 0 Å². The fourth-order valence-corrected chi connectivity index (χ4v) is 3.16. The van der Waals surface area contributed by atoms with Crippen LogP contribution in [0, 0.1) is 0 Å². The number of rotatable bonds is 2. The van der Waals surface area contributed by atoms with E-state index in [1.54, 1.807) is 34.1 Å². The standard InChI is InChI=1S/C17H19ClN4O3/c18-13-5-2-1-4-12(13)16(24)21-8-3-9-22(11-10-21)17(25)14-6-7-15(23)20-19-14/h1-2,4-5H,3,6-11H2,(H,20,23). The molecule has 2 heterocycles. The lowest BCUT2D eigenvalue weighted by molar-refractivity contribution is -0.124. The summed E-state index contributed by atoms with van der Waals surface area (Å²) in [4.78, 5) is 39.7. The molecule has 1 N–H and O–H groups in total. The zero-order chi connectivity index (χ0) is 17.8. The van der Waals surface area contributed by atoms with E-state index < -0.39 is 0 Å². The maximum Gasteiger partial charge on any atom is 0.270 e. The van der Waals surface area contributed by atoms with Crippen molar-refractivity contribution in [1.82, 2.24) is 15.2 Å². The third-order valence-corrected chi connectivity index (χ3v) is 4.66. The monoisotopic (exact) mass is 362 g/mol. The van der Waals surface area contributed by atoms with Crippen LogP contribution in [0.2, 0.25) is 5.02 Å². The molecule has 0 aromatic heterocycles. The van der Waals surface area contributed by atoms with Gasteiger partial charge in [-0.3, -0.25) is 14.4 Å². The van der Waals surface area contributed by atoms with Crippen LogP contribution in [0.15, 0.2) is 29.4 Å². The van der Waals surface area contributed by atoms with Crippen LogP contribution in [0.25, 0.3) is 0 Å². The van der Waals surface area contributed by atoms with Crippen molar-refractivity contribution in [2.24, 2.45) is 5.10 Å². The third-order valence-electron chi connectivity index (χ3n) is 4.33. The largest absolute Gasteiger partial charge is 0.337 e. The van der Waals surface area contributed by atoms with Gasteiger partial charge in [-0.2, -0.15) is 5.10 Å². The summed E-state index contributed by atoms with van der Waals surface area (Å²) in [6, 6.07) is 6.96. The topological polar surface area (TPSA) is 82.1 Å². The number of nitrogens with zero attached hydrogens (tertiary/aromatic N) is 3. The van der Waals surface area contributed by atoms with Crippen molar-refractivity contribution in [3.8, 4) is 0 Å². The first-order valence-corrected chi connectivity index (χ1v) is 8.62. The second kappa shape index (κ2) is 7.65. The molecule has 7 nitrogen and oxygen atoms in total. The molecule has 3 rings (SSSR count). The number of hydrogen-bond donors (Lipinski definition) is 1. The molecule has 0 unspecified atom stereocenters. The molecule has 132 valence electrons. The van der Waals surface area contributed by atoms with Gasteiger partial charge in [0.15, 0.2) is 0 Å². The van der Waals surface area contributed by atoms with E-state index in [0.717, 1.165) is 0 Å². The average Bonchev–Trinajstić information content (AvgIpc) is 2.88. The Labute approximate surface area is 150 Å². The van der Waals surface area contributed by atoms with Gasteiger partial charge in [0.25, 0.3) is 11.8 Å². The Morgan fingerprint density at radius 3 is 2.32 bits per heavy atom. The molecular formula is C17H19ClN4O3. The quantitative estimate of drug-likeness (QED) is 0.860. The minimum absolute atomic E-state index is 0.123. The first-order valence-electron chi connectivity index (χ1n) is 8.25. The molecule has 0 bridgehead atoms. The van der Waals surface area contributed by atoms with Gasteiger partial charge in [-0.25, -0.2) is 5.43 Å². The molecule has 1 aromatic carbocycles. The molecule has 0 aliphatic carbocycles. The summed E-state index contributed by atoms with van der Waals surface area (Å²) in [5.41, 5.74) is 3.19. The molecule has 0 radical (unpaired) electrons. The fourth-order valence-electron chi connectivity index (χ4n) is 2.94. The van der Waals surface area contributed by atoms with Crippen LogP contribution >= 0.6 is 11.6 Å². The predicted molar refractivity (Wildman–Crippen MR) is 93.4 cm³/mol. The molecule has 1 fully saturated rings. The summed E-state index contributed by atoms with van der Waals surface area (Å²) < 4.78 is 0. The smallest absolute Gasteiger partial charge is 0.270 e. The Morgan fingerprint density at radius 1 is 1.00 bits per heavy atom. The number of carbonyl (C=O) groups excluding carboxylic acids is 3. The van der Waals surface area contributed by atoms with Crippen LogP contribution in [0.5, 0.6) is 0 Å². The minimum atomic E-state index is -0.177. The molecule has 0 spiro atoms. The summed E-state index contributed by atoms with van der Waals surface area (Å²) in [7, 11) is 0. The van der Waals surface area contributed by atoms with Crippen LogP contribution in [-0.2, 0) is 9.59 Å². The highest BCUT2D eigenvalue weighted by Gasteiger charge is 2.27. The number of carbonyl (C=O) groups is 3. The van der Waals surface area contributed by atoms with Crippen molar-refractivity contribution in [1.29, 1.82) is 0 Å². The van der Waals surface area contributed by atoms with Crippen molar-refractivity contribution < 1.29 is 14.4 Å². The van der Waals surface area contributed by atoms with Crippen LogP contribution in [0.1, 0.15) is 29.6 Å². The predicted octanol–water partition coefficient (Wildman–Crippen LogP) is 1.28. The summed E-state index contributed by atoms with van der Waals surface area (Å²) in [5, 5.41) is 4.29. The number of benzene rings is 1. The average molecular weight is 363 g/mol. The van der Waals surface area contributed by atoms with E-state index in [9.17, 15) is 14.4 Å². The molecule has 3 amide bonds. The van der Waals surface area contributed by atoms with Gasteiger partial charge >= 0.3 is 0 Å². The van der Waals surface area contributed by atoms with Crippen molar-refractivity contribution in [3.05, 3.63) is 34.9 Å². The van der Waals surface area contributed by atoms with Crippen molar-refractivity contribution in [3.63, 3.8) is 0 Å². The first kappa shape index (κ1) is 17.4. The van der Waals surface area contributed by atoms with E-state index in [2.05, 4.69) is 10.5 Å². The lowest BCUT2D eigenvalue weighted by Gasteiger charge is -2.23. The molecule has 2 aliphatic heterocycles. The lowest BCUT2D eigenvalue weighted by Crippen LogP contribution is -2.42. The first-order chi connectivity index (χ1) is 12.1. The Balaban J connectivity index is 1.64. The summed E-state index contributed by atoms with van der Waals surface area (Å²) in [6.07, 6.45) is 1.31. The SMILES string of the molecule is O=C1CCC(C(=O)N2CCCN(C(=O)c3ccccc3Cl)CC2)=NN1. The van der Waals surface area contributed by atoms with Gasteiger partial charge in [-0.05, 0) is 18.6 Å². The Bertz CT molecular complexity index is 734. The van der Waals surface area contributed by atoms with E-state index in [-0.39, 0.29) is 24.1 Å². The van der Waals surface area contributed by atoms with Gasteiger partial charge in [0, 0.05) is 39.0 Å². The minimum Gasteiger partial charge on any atom is -0.337 e. The molecule has 25 heavy (non-hydrogen) atoms. The van der Waals surface area contributed by atoms with Crippen molar-refractivity contribution in [2.45, 2.75) is 19.3 Å². The second-order valence-corrected chi connectivity index (χ2v) is 6.42. The van der Waals surface area contributed by atoms with E-state index in [1.165, 1.54) is 0 Å². The maximum absolute atomic E-state index is 12.7. The van der Waals surface area contributed by atoms with Crippen molar-refractivity contribution in [2.75, 3.05) is 26.2 Å². The van der Waals surface area contributed by atoms with E-state index in [1.807, 2.05) is 0 Å². The summed E-state index contributed by atoms with van der Waals surface area (Å²) >= 11 is 6.11. The second-order valence-electron chi connectivity index (χ2n) is 6.01. The van der Waals surface area contributed by atoms with Crippen molar-refractivity contribution >= 4 is 35.0 Å². The molecular weight excluding hydrogens is 344 g/mol. The van der Waals surface area contributed by atoms with Gasteiger partial charge in [-0.15, -0.1) is 0 Å². The maximum atomic E-state index is 12.7. The zero-order valence-electron chi connectivity index (χ0n) is 13.7. The van der Waals surface area contributed by atoms with Gasteiger partial charge < -0.3 is 9.80 Å². The molecule has 8 heteroatoms. The highest BCUT2D eigenvalue weighted by molar-refractivity contribution is 6.39. The number of nitrogens with one attached hydrogen (secondary N) is 1. The van der Waals surface area contributed by atoms with E-state index in [4.69, 9.17) is 11.6 Å².